The fourth-order valence-electron chi connectivity index (χ4n) is 4.27. The number of hydrogen-bond acceptors (Lipinski definition) is 3. The summed E-state index contributed by atoms with van der Waals surface area (Å²) in [5, 5.41) is 2.96. The first-order valence-corrected chi connectivity index (χ1v) is 10.2. The molecule has 1 amide bonds. The second-order valence-electron chi connectivity index (χ2n) is 7.67. The highest BCUT2D eigenvalue weighted by Crippen LogP contribution is 2.60. The zero-order valence-corrected chi connectivity index (χ0v) is 16.9. The van der Waals surface area contributed by atoms with Crippen molar-refractivity contribution in [3.05, 3.63) is 108 Å². The highest BCUT2D eigenvalue weighted by molar-refractivity contribution is 5.89. The maximum atomic E-state index is 13.3. The predicted octanol–water partition coefficient (Wildman–Crippen LogP) is 4.08. The first kappa shape index (κ1) is 19.9. The van der Waals surface area contributed by atoms with Crippen molar-refractivity contribution in [1.82, 2.24) is 5.32 Å². The van der Waals surface area contributed by atoms with E-state index in [0.717, 1.165) is 16.7 Å². The number of methoxy groups -OCH3 is 1. The second kappa shape index (κ2) is 8.95. The molecule has 0 unspecified atom stereocenters. The summed E-state index contributed by atoms with van der Waals surface area (Å²) in [6.45, 7) is 0. The third-order valence-electron chi connectivity index (χ3n) is 5.78. The molecule has 1 saturated carbocycles. The quantitative estimate of drug-likeness (QED) is 0.609. The smallest absolute Gasteiger partial charge is 0.328 e. The van der Waals surface area contributed by atoms with E-state index < -0.39 is 12.0 Å². The normalized spacial score (nSPS) is 20.8. The lowest BCUT2D eigenvalue weighted by Crippen LogP contribution is -2.44. The Kier molecular flexibility index (Phi) is 5.94. The van der Waals surface area contributed by atoms with Crippen LogP contribution in [-0.4, -0.2) is 25.0 Å². The van der Waals surface area contributed by atoms with E-state index in [9.17, 15) is 9.59 Å². The van der Waals surface area contributed by atoms with E-state index in [1.165, 1.54) is 7.11 Å². The van der Waals surface area contributed by atoms with Crippen molar-refractivity contribution >= 4 is 11.9 Å². The van der Waals surface area contributed by atoms with Gasteiger partial charge < -0.3 is 10.1 Å². The lowest BCUT2D eigenvalue weighted by Gasteiger charge is -2.17. The molecule has 1 N–H and O–H groups in total. The van der Waals surface area contributed by atoms with Gasteiger partial charge in [0.15, 0.2) is 0 Å². The van der Waals surface area contributed by atoms with Gasteiger partial charge in [-0.3, -0.25) is 4.79 Å². The Hall–Kier alpha value is -3.40. The van der Waals surface area contributed by atoms with Crippen LogP contribution in [0, 0.1) is 5.92 Å². The van der Waals surface area contributed by atoms with E-state index >= 15 is 0 Å². The predicted molar refractivity (Wildman–Crippen MR) is 116 cm³/mol. The molecule has 1 aliphatic rings. The van der Waals surface area contributed by atoms with Gasteiger partial charge in [-0.1, -0.05) is 91.0 Å². The molecule has 0 aliphatic heterocycles. The molecule has 0 spiro atoms. The van der Waals surface area contributed by atoms with Gasteiger partial charge in [-0.05, 0) is 16.7 Å². The van der Waals surface area contributed by atoms with Gasteiger partial charge in [0.25, 0.3) is 0 Å². The number of rotatable bonds is 7. The molecule has 3 atom stereocenters. The fourth-order valence-corrected chi connectivity index (χ4v) is 4.27. The number of ether oxygens (including phenoxy) is 1. The van der Waals surface area contributed by atoms with Gasteiger partial charge in [-0.15, -0.1) is 0 Å². The van der Waals surface area contributed by atoms with Gasteiger partial charge >= 0.3 is 5.97 Å². The summed E-state index contributed by atoms with van der Waals surface area (Å²) in [6.07, 6.45) is 0.401. The molecule has 0 heterocycles. The van der Waals surface area contributed by atoms with Crippen LogP contribution in [0.5, 0.6) is 0 Å². The highest BCUT2D eigenvalue weighted by Gasteiger charge is 2.56. The summed E-state index contributed by atoms with van der Waals surface area (Å²) < 4.78 is 4.95. The highest BCUT2D eigenvalue weighted by atomic mass is 16.5. The molecular weight excluding hydrogens is 374 g/mol. The molecule has 30 heavy (non-hydrogen) atoms. The summed E-state index contributed by atoms with van der Waals surface area (Å²) in [7, 11) is 1.35. The number of nitrogens with one attached hydrogen (secondary N) is 1. The second-order valence-corrected chi connectivity index (χ2v) is 7.67. The minimum absolute atomic E-state index is 0.101. The minimum atomic E-state index is -0.710. The topological polar surface area (TPSA) is 55.4 Å². The van der Waals surface area contributed by atoms with Crippen molar-refractivity contribution in [3.8, 4) is 0 Å². The number of esters is 1. The van der Waals surface area contributed by atoms with Crippen molar-refractivity contribution in [2.45, 2.75) is 24.3 Å². The van der Waals surface area contributed by atoms with Crippen LogP contribution in [0.25, 0.3) is 0 Å². The van der Waals surface area contributed by atoms with E-state index in [4.69, 9.17) is 4.74 Å². The molecule has 0 aromatic heterocycles. The summed E-state index contributed by atoms with van der Waals surface area (Å²) in [6, 6.07) is 29.1. The molecule has 0 saturated heterocycles. The molecule has 4 rings (SSSR count). The third-order valence-corrected chi connectivity index (χ3v) is 5.78. The monoisotopic (exact) mass is 399 g/mol. The zero-order chi connectivity index (χ0) is 20.9. The average Bonchev–Trinajstić information content (AvgIpc) is 3.56. The summed E-state index contributed by atoms with van der Waals surface area (Å²) >= 11 is 0. The Bertz CT molecular complexity index is 943. The Balaban J connectivity index is 1.55. The Morgan fingerprint density at radius 3 is 1.73 bits per heavy atom. The number of benzene rings is 3. The number of amides is 1. The Morgan fingerprint density at radius 2 is 1.27 bits per heavy atom. The largest absolute Gasteiger partial charge is 0.467 e. The standard InChI is InChI=1S/C26H25NO3/c1-30-26(29)21(17-18-11-5-2-6-12-18)27-25(28)24-22(19-13-7-3-8-14-19)23(24)20-15-9-4-10-16-20/h2-16,21-24H,17H2,1H3,(H,27,28)/t21-,22-,23-/m0/s1. The first-order chi connectivity index (χ1) is 14.7. The first-order valence-electron chi connectivity index (χ1n) is 10.2. The van der Waals surface area contributed by atoms with Gasteiger partial charge in [-0.2, -0.15) is 0 Å². The van der Waals surface area contributed by atoms with Crippen LogP contribution in [-0.2, 0) is 20.7 Å². The van der Waals surface area contributed by atoms with Crippen molar-refractivity contribution in [3.63, 3.8) is 0 Å². The van der Waals surface area contributed by atoms with E-state index in [1.54, 1.807) is 0 Å². The van der Waals surface area contributed by atoms with Gasteiger partial charge in [0, 0.05) is 18.3 Å². The fraction of sp³-hybridized carbons (Fsp3) is 0.231. The lowest BCUT2D eigenvalue weighted by atomic mass is 10.0. The zero-order valence-electron chi connectivity index (χ0n) is 16.9. The molecule has 1 fully saturated rings. The third kappa shape index (κ3) is 4.28. The van der Waals surface area contributed by atoms with E-state index in [0.29, 0.717) is 6.42 Å². The number of hydrogen-bond donors (Lipinski definition) is 1. The maximum absolute atomic E-state index is 13.3. The van der Waals surface area contributed by atoms with Crippen LogP contribution in [0.3, 0.4) is 0 Å². The lowest BCUT2D eigenvalue weighted by molar-refractivity contribution is -0.145. The van der Waals surface area contributed by atoms with Crippen LogP contribution >= 0.6 is 0 Å². The van der Waals surface area contributed by atoms with Crippen LogP contribution in [0.1, 0.15) is 28.5 Å². The van der Waals surface area contributed by atoms with E-state index in [1.807, 2.05) is 66.7 Å². The number of carbonyl (C=O) groups is 2. The van der Waals surface area contributed by atoms with E-state index in [2.05, 4.69) is 29.6 Å². The SMILES string of the molecule is COC(=O)[C@H](Cc1ccccc1)NC(=O)C1[C@@H](c2ccccc2)[C@@H]1c1ccccc1. The van der Waals surface area contributed by atoms with Crippen molar-refractivity contribution in [1.29, 1.82) is 0 Å². The number of carbonyl (C=O) groups excluding carboxylic acids is 2. The molecule has 3 aromatic rings. The van der Waals surface area contributed by atoms with Crippen LogP contribution in [0.4, 0.5) is 0 Å². The van der Waals surface area contributed by atoms with Gasteiger partial charge in [0.2, 0.25) is 5.91 Å². The molecule has 4 heteroatoms. The van der Waals surface area contributed by atoms with Crippen LogP contribution < -0.4 is 5.32 Å². The van der Waals surface area contributed by atoms with Gasteiger partial charge in [0.05, 0.1) is 13.0 Å². The van der Waals surface area contributed by atoms with Gasteiger partial charge in [0.1, 0.15) is 6.04 Å². The molecule has 3 aromatic carbocycles. The molecule has 0 radical (unpaired) electrons. The van der Waals surface area contributed by atoms with Crippen molar-refractivity contribution < 1.29 is 14.3 Å². The molecular formula is C26H25NO3. The maximum Gasteiger partial charge on any atom is 0.328 e. The summed E-state index contributed by atoms with van der Waals surface area (Å²) in [5.41, 5.74) is 3.26. The summed E-state index contributed by atoms with van der Waals surface area (Å²) in [4.78, 5) is 25.6. The molecule has 1 aliphatic carbocycles. The average molecular weight is 399 g/mol. The van der Waals surface area contributed by atoms with Crippen LogP contribution in [0.2, 0.25) is 0 Å². The Morgan fingerprint density at radius 1 is 0.800 bits per heavy atom. The van der Waals surface area contributed by atoms with E-state index in [-0.39, 0.29) is 23.7 Å². The summed E-state index contributed by atoms with van der Waals surface area (Å²) in [5.74, 6) is -0.547. The Labute approximate surface area is 176 Å². The molecule has 4 nitrogen and oxygen atoms in total. The van der Waals surface area contributed by atoms with Crippen molar-refractivity contribution in [2.24, 2.45) is 5.92 Å². The van der Waals surface area contributed by atoms with Crippen molar-refractivity contribution in [2.75, 3.05) is 7.11 Å². The minimum Gasteiger partial charge on any atom is -0.467 e. The molecule has 152 valence electrons. The van der Waals surface area contributed by atoms with Gasteiger partial charge in [-0.25, -0.2) is 4.79 Å². The molecule has 0 bridgehead atoms. The van der Waals surface area contributed by atoms with Crippen LogP contribution in [0.15, 0.2) is 91.0 Å².